The van der Waals surface area contributed by atoms with Gasteiger partial charge >= 0.3 is 0 Å². The van der Waals surface area contributed by atoms with Crippen LogP contribution in [0.15, 0.2) is 16.6 Å². The lowest BCUT2D eigenvalue weighted by atomic mass is 9.87. The van der Waals surface area contributed by atoms with Gasteiger partial charge in [0.25, 0.3) is 0 Å². The van der Waals surface area contributed by atoms with E-state index in [0.29, 0.717) is 6.04 Å². The molecule has 1 saturated carbocycles. The molecular formula is C18H25BrN4. The predicted octanol–water partition coefficient (Wildman–Crippen LogP) is 4.95. The minimum Gasteiger partial charge on any atom is -0.366 e. The second-order valence-electron chi connectivity index (χ2n) is 6.82. The molecule has 1 aliphatic rings. The lowest BCUT2D eigenvalue weighted by Gasteiger charge is -2.28. The first kappa shape index (κ1) is 16.5. The molecule has 0 aromatic carbocycles. The second kappa shape index (κ2) is 6.63. The van der Waals surface area contributed by atoms with Crippen LogP contribution in [0.25, 0.3) is 5.95 Å². The van der Waals surface area contributed by atoms with Gasteiger partial charge in [-0.15, -0.1) is 0 Å². The molecule has 23 heavy (non-hydrogen) atoms. The number of aromatic nitrogens is 3. The van der Waals surface area contributed by atoms with Crippen LogP contribution in [0.2, 0.25) is 0 Å². The van der Waals surface area contributed by atoms with Crippen molar-refractivity contribution < 1.29 is 0 Å². The third-order valence-electron chi connectivity index (χ3n) is 4.83. The van der Waals surface area contributed by atoms with E-state index < -0.39 is 0 Å². The fourth-order valence-corrected chi connectivity index (χ4v) is 3.61. The highest BCUT2D eigenvalue weighted by Crippen LogP contribution is 2.30. The van der Waals surface area contributed by atoms with E-state index in [9.17, 15) is 0 Å². The number of nitrogens with one attached hydrogen (secondary N) is 1. The number of hydrogen-bond donors (Lipinski definition) is 1. The quantitative estimate of drug-likeness (QED) is 0.823. The Morgan fingerprint density at radius 1 is 1.04 bits per heavy atom. The van der Waals surface area contributed by atoms with Crippen LogP contribution in [0.3, 0.4) is 0 Å². The zero-order chi connectivity index (χ0) is 16.6. The zero-order valence-corrected chi connectivity index (χ0v) is 15.9. The fourth-order valence-electron chi connectivity index (χ4n) is 3.32. The van der Waals surface area contributed by atoms with Crippen LogP contribution < -0.4 is 5.32 Å². The number of rotatable bonds is 3. The average Bonchev–Trinajstić information content (AvgIpc) is 2.85. The summed E-state index contributed by atoms with van der Waals surface area (Å²) in [6.45, 7) is 8.54. The van der Waals surface area contributed by atoms with Crippen LogP contribution in [-0.2, 0) is 0 Å². The highest BCUT2D eigenvalue weighted by molar-refractivity contribution is 9.10. The van der Waals surface area contributed by atoms with Crippen molar-refractivity contribution in [2.75, 3.05) is 5.32 Å². The van der Waals surface area contributed by atoms with Crippen LogP contribution >= 0.6 is 15.9 Å². The number of anilines is 1. The van der Waals surface area contributed by atoms with Gasteiger partial charge in [0.2, 0.25) is 5.95 Å². The van der Waals surface area contributed by atoms with Crippen molar-refractivity contribution in [1.29, 1.82) is 0 Å². The first-order chi connectivity index (χ1) is 11.0. The zero-order valence-electron chi connectivity index (χ0n) is 14.4. The van der Waals surface area contributed by atoms with E-state index >= 15 is 0 Å². The summed E-state index contributed by atoms with van der Waals surface area (Å²) in [6, 6.07) is 4.72. The van der Waals surface area contributed by atoms with Crippen LogP contribution in [0.4, 0.5) is 5.82 Å². The van der Waals surface area contributed by atoms with Crippen molar-refractivity contribution in [1.82, 2.24) is 14.5 Å². The third-order valence-corrected chi connectivity index (χ3v) is 5.78. The monoisotopic (exact) mass is 376 g/mol. The average molecular weight is 377 g/mol. The first-order valence-corrected chi connectivity index (χ1v) is 9.21. The van der Waals surface area contributed by atoms with Crippen LogP contribution in [0.1, 0.15) is 49.7 Å². The standard InChI is InChI=1S/C18H25BrN4/c1-11-5-9-15(10-6-11)21-17-16(19)14(4)20-18(22-17)23-12(2)7-8-13(23)3/h7-8,11,15H,5-6,9-10H2,1-4H3,(H,20,21,22). The van der Waals surface area contributed by atoms with E-state index in [1.54, 1.807) is 0 Å². The summed E-state index contributed by atoms with van der Waals surface area (Å²) in [5.41, 5.74) is 3.28. The van der Waals surface area contributed by atoms with Crippen molar-refractivity contribution >= 4 is 21.7 Å². The Morgan fingerprint density at radius 2 is 1.65 bits per heavy atom. The summed E-state index contributed by atoms with van der Waals surface area (Å²) in [4.78, 5) is 9.47. The number of hydrogen-bond acceptors (Lipinski definition) is 3. The molecule has 3 rings (SSSR count). The smallest absolute Gasteiger partial charge is 0.236 e. The lowest BCUT2D eigenvalue weighted by Crippen LogP contribution is -2.26. The Hall–Kier alpha value is -1.36. The molecule has 124 valence electrons. The summed E-state index contributed by atoms with van der Waals surface area (Å²) >= 11 is 3.66. The van der Waals surface area contributed by atoms with E-state index in [-0.39, 0.29) is 0 Å². The normalized spacial score (nSPS) is 21.4. The molecule has 2 heterocycles. The van der Waals surface area contributed by atoms with E-state index in [1.165, 1.54) is 25.7 Å². The number of nitrogens with zero attached hydrogens (tertiary/aromatic N) is 3. The molecule has 0 amide bonds. The van der Waals surface area contributed by atoms with Crippen molar-refractivity contribution in [2.45, 2.75) is 59.4 Å². The van der Waals surface area contributed by atoms with Gasteiger partial charge in [0.15, 0.2) is 0 Å². The van der Waals surface area contributed by atoms with Crippen LogP contribution in [0, 0.1) is 26.7 Å². The molecule has 5 heteroatoms. The summed E-state index contributed by atoms with van der Waals surface area (Å²) in [5.74, 6) is 2.52. The Balaban J connectivity index is 1.91. The van der Waals surface area contributed by atoms with E-state index in [0.717, 1.165) is 39.2 Å². The SMILES string of the molecule is Cc1nc(-n2c(C)ccc2C)nc(NC2CCC(C)CC2)c1Br. The topological polar surface area (TPSA) is 42.7 Å². The first-order valence-electron chi connectivity index (χ1n) is 8.41. The fraction of sp³-hybridized carbons (Fsp3) is 0.556. The molecule has 2 aromatic rings. The molecule has 0 aliphatic heterocycles. The summed E-state index contributed by atoms with van der Waals surface area (Å²) in [7, 11) is 0. The van der Waals surface area contributed by atoms with Gasteiger partial charge in [-0.05, 0) is 80.4 Å². The Bertz CT molecular complexity index is 680. The Kier molecular flexibility index (Phi) is 4.76. The van der Waals surface area contributed by atoms with Crippen molar-refractivity contribution in [3.05, 3.63) is 33.7 Å². The molecule has 2 aromatic heterocycles. The molecule has 0 bridgehead atoms. The maximum absolute atomic E-state index is 4.80. The minimum atomic E-state index is 0.511. The largest absolute Gasteiger partial charge is 0.366 e. The Labute approximate surface area is 146 Å². The van der Waals surface area contributed by atoms with Crippen LogP contribution in [-0.4, -0.2) is 20.6 Å². The minimum absolute atomic E-state index is 0.511. The summed E-state index contributed by atoms with van der Waals surface area (Å²) in [5, 5.41) is 3.64. The van der Waals surface area contributed by atoms with Crippen molar-refractivity contribution in [3.63, 3.8) is 0 Å². The van der Waals surface area contributed by atoms with E-state index in [4.69, 9.17) is 4.98 Å². The van der Waals surface area contributed by atoms with E-state index in [2.05, 4.69) is 63.7 Å². The number of aryl methyl sites for hydroxylation is 3. The molecule has 0 saturated heterocycles. The molecule has 1 N–H and O–H groups in total. The molecule has 1 fully saturated rings. The van der Waals surface area contributed by atoms with Crippen molar-refractivity contribution in [2.24, 2.45) is 5.92 Å². The molecule has 4 nitrogen and oxygen atoms in total. The molecular weight excluding hydrogens is 352 g/mol. The maximum Gasteiger partial charge on any atom is 0.236 e. The van der Waals surface area contributed by atoms with Gasteiger partial charge in [0.05, 0.1) is 10.2 Å². The molecule has 0 atom stereocenters. The molecule has 0 unspecified atom stereocenters. The Morgan fingerprint density at radius 3 is 2.26 bits per heavy atom. The molecule has 0 spiro atoms. The van der Waals surface area contributed by atoms with Crippen molar-refractivity contribution in [3.8, 4) is 5.95 Å². The summed E-state index contributed by atoms with van der Waals surface area (Å²) < 4.78 is 3.08. The maximum atomic E-state index is 4.80. The molecule has 0 radical (unpaired) electrons. The van der Waals surface area contributed by atoms with Gasteiger partial charge in [-0.2, -0.15) is 4.98 Å². The van der Waals surface area contributed by atoms with Crippen LogP contribution in [0.5, 0.6) is 0 Å². The summed E-state index contributed by atoms with van der Waals surface area (Å²) in [6.07, 6.45) is 5.02. The molecule has 1 aliphatic carbocycles. The van der Waals surface area contributed by atoms with Gasteiger partial charge in [-0.25, -0.2) is 4.98 Å². The van der Waals surface area contributed by atoms with Gasteiger partial charge in [-0.1, -0.05) is 6.92 Å². The second-order valence-corrected chi connectivity index (χ2v) is 7.62. The van der Waals surface area contributed by atoms with Gasteiger partial charge in [0, 0.05) is 17.4 Å². The lowest BCUT2D eigenvalue weighted by molar-refractivity contribution is 0.360. The highest BCUT2D eigenvalue weighted by atomic mass is 79.9. The predicted molar refractivity (Wildman–Crippen MR) is 98.3 cm³/mol. The van der Waals surface area contributed by atoms with E-state index in [1.807, 2.05) is 6.92 Å². The van der Waals surface area contributed by atoms with Gasteiger partial charge < -0.3 is 5.32 Å². The third kappa shape index (κ3) is 3.44. The van der Waals surface area contributed by atoms with Gasteiger partial charge in [0.1, 0.15) is 5.82 Å². The number of halogens is 1. The highest BCUT2D eigenvalue weighted by Gasteiger charge is 2.20. The van der Waals surface area contributed by atoms with Gasteiger partial charge in [-0.3, -0.25) is 4.57 Å².